The molecular formula is C15H18ClFN4O2. The van der Waals surface area contributed by atoms with Crippen LogP contribution in [0.4, 0.5) is 10.2 Å². The maximum atomic E-state index is 13.2. The highest BCUT2D eigenvalue weighted by Crippen LogP contribution is 2.25. The van der Waals surface area contributed by atoms with Gasteiger partial charge in [0.2, 0.25) is 5.95 Å². The Morgan fingerprint density at radius 1 is 1.30 bits per heavy atom. The molecule has 0 spiro atoms. The fourth-order valence-electron chi connectivity index (χ4n) is 2.45. The molecule has 0 unspecified atom stereocenters. The first-order valence-corrected chi connectivity index (χ1v) is 7.64. The first-order valence-electron chi connectivity index (χ1n) is 7.26. The Labute approximate surface area is 138 Å². The van der Waals surface area contributed by atoms with Crippen molar-refractivity contribution in [2.75, 3.05) is 25.1 Å². The molecule has 124 valence electrons. The number of aliphatic hydroxyl groups is 1. The van der Waals surface area contributed by atoms with Crippen LogP contribution in [0.15, 0.2) is 23.1 Å². The Bertz CT molecular complexity index is 717. The Morgan fingerprint density at radius 3 is 2.65 bits per heavy atom. The monoisotopic (exact) mass is 340 g/mol. The van der Waals surface area contributed by atoms with E-state index < -0.39 is 11.5 Å². The van der Waals surface area contributed by atoms with Gasteiger partial charge in [-0.05, 0) is 25.3 Å². The molecule has 2 N–H and O–H groups in total. The minimum Gasteiger partial charge on any atom is -0.400 e. The molecule has 23 heavy (non-hydrogen) atoms. The SMILES string of the molecule is CO.O=c1[nH]c(-c2ccnc(F)c2)nc(N2CCCCC2)c1Cl. The van der Waals surface area contributed by atoms with Crippen LogP contribution in [0.25, 0.3) is 11.4 Å². The zero-order valence-corrected chi connectivity index (χ0v) is 13.5. The molecule has 1 fully saturated rings. The Kier molecular flexibility index (Phi) is 6.06. The summed E-state index contributed by atoms with van der Waals surface area (Å²) >= 11 is 6.08. The van der Waals surface area contributed by atoms with E-state index in [0.29, 0.717) is 17.2 Å². The van der Waals surface area contributed by atoms with Crippen LogP contribution >= 0.6 is 11.6 Å². The number of aromatic amines is 1. The minimum atomic E-state index is -0.621. The van der Waals surface area contributed by atoms with Crippen molar-refractivity contribution in [3.63, 3.8) is 0 Å². The molecule has 0 radical (unpaired) electrons. The number of H-pyrrole nitrogens is 1. The van der Waals surface area contributed by atoms with E-state index in [0.717, 1.165) is 33.0 Å². The van der Waals surface area contributed by atoms with Gasteiger partial charge in [0.25, 0.3) is 5.56 Å². The van der Waals surface area contributed by atoms with Crippen LogP contribution in [0, 0.1) is 5.95 Å². The molecule has 2 aromatic rings. The van der Waals surface area contributed by atoms with Crippen LogP contribution in [0.3, 0.4) is 0 Å². The average molecular weight is 341 g/mol. The second-order valence-corrected chi connectivity index (χ2v) is 5.35. The van der Waals surface area contributed by atoms with E-state index in [2.05, 4.69) is 15.0 Å². The van der Waals surface area contributed by atoms with Crippen LogP contribution < -0.4 is 10.5 Å². The van der Waals surface area contributed by atoms with E-state index in [1.165, 1.54) is 18.7 Å². The lowest BCUT2D eigenvalue weighted by Crippen LogP contribution is -2.32. The molecule has 0 aliphatic carbocycles. The normalized spacial score (nSPS) is 14.2. The minimum absolute atomic E-state index is 0.0789. The quantitative estimate of drug-likeness (QED) is 0.819. The summed E-state index contributed by atoms with van der Waals surface area (Å²) in [6.07, 6.45) is 4.59. The molecule has 0 amide bonds. The molecule has 0 atom stereocenters. The number of piperidine rings is 1. The molecule has 3 rings (SSSR count). The molecule has 8 heteroatoms. The van der Waals surface area contributed by atoms with E-state index in [-0.39, 0.29) is 5.02 Å². The third-order valence-electron chi connectivity index (χ3n) is 3.50. The smallest absolute Gasteiger partial charge is 0.272 e. The number of hydrogen-bond acceptors (Lipinski definition) is 5. The summed E-state index contributed by atoms with van der Waals surface area (Å²) < 4.78 is 13.2. The summed E-state index contributed by atoms with van der Waals surface area (Å²) in [6.45, 7) is 1.64. The van der Waals surface area contributed by atoms with Gasteiger partial charge in [-0.15, -0.1) is 0 Å². The summed E-state index contributed by atoms with van der Waals surface area (Å²) in [5.41, 5.74) is 0.0500. The van der Waals surface area contributed by atoms with Crippen molar-refractivity contribution in [3.05, 3.63) is 39.7 Å². The molecule has 0 aromatic carbocycles. The summed E-state index contributed by atoms with van der Waals surface area (Å²) in [5, 5.41) is 7.08. The summed E-state index contributed by atoms with van der Waals surface area (Å²) in [6, 6.07) is 2.82. The Morgan fingerprint density at radius 2 is 2.00 bits per heavy atom. The van der Waals surface area contributed by atoms with Gasteiger partial charge in [0.15, 0.2) is 5.82 Å². The third-order valence-corrected chi connectivity index (χ3v) is 3.84. The highest BCUT2D eigenvalue weighted by Gasteiger charge is 2.19. The maximum Gasteiger partial charge on any atom is 0.272 e. The standard InChI is InChI=1S/C14H14ClFN4O.CH4O/c15-11-13(20-6-2-1-3-7-20)18-12(19-14(11)21)9-4-5-17-10(16)8-9;1-2/h4-5,8H,1-3,6-7H2,(H,18,19,21);2H,1H3. The third kappa shape index (κ3) is 4.05. The van der Waals surface area contributed by atoms with Crippen LogP contribution in [-0.2, 0) is 0 Å². The summed E-state index contributed by atoms with van der Waals surface area (Å²) in [5.74, 6) is 0.142. The molecule has 1 saturated heterocycles. The predicted octanol–water partition coefficient (Wildman–Crippen LogP) is 2.22. The lowest BCUT2D eigenvalue weighted by atomic mass is 10.1. The number of aliphatic hydroxyl groups excluding tert-OH is 1. The van der Waals surface area contributed by atoms with Crippen molar-refractivity contribution in [3.8, 4) is 11.4 Å². The van der Waals surface area contributed by atoms with Crippen molar-refractivity contribution in [2.24, 2.45) is 0 Å². The molecule has 6 nitrogen and oxygen atoms in total. The molecule has 1 aliphatic heterocycles. The highest BCUT2D eigenvalue weighted by molar-refractivity contribution is 6.32. The lowest BCUT2D eigenvalue weighted by molar-refractivity contribution is 0.399. The van der Waals surface area contributed by atoms with E-state index >= 15 is 0 Å². The maximum absolute atomic E-state index is 13.2. The summed E-state index contributed by atoms with van der Waals surface area (Å²) in [4.78, 5) is 24.5. The van der Waals surface area contributed by atoms with Gasteiger partial charge in [-0.3, -0.25) is 4.79 Å². The van der Waals surface area contributed by atoms with E-state index in [4.69, 9.17) is 16.7 Å². The van der Waals surface area contributed by atoms with E-state index in [9.17, 15) is 9.18 Å². The van der Waals surface area contributed by atoms with E-state index in [1.54, 1.807) is 6.07 Å². The largest absolute Gasteiger partial charge is 0.400 e. The molecular weight excluding hydrogens is 323 g/mol. The summed E-state index contributed by atoms with van der Waals surface area (Å²) in [7, 11) is 1.00. The number of nitrogens with zero attached hydrogens (tertiary/aromatic N) is 3. The van der Waals surface area contributed by atoms with Crippen molar-refractivity contribution in [2.45, 2.75) is 19.3 Å². The second kappa shape index (κ2) is 8.03. The van der Waals surface area contributed by atoms with Crippen molar-refractivity contribution in [1.82, 2.24) is 15.0 Å². The van der Waals surface area contributed by atoms with Gasteiger partial charge in [-0.1, -0.05) is 11.6 Å². The van der Waals surface area contributed by atoms with Crippen molar-refractivity contribution >= 4 is 17.4 Å². The molecule has 3 heterocycles. The van der Waals surface area contributed by atoms with Gasteiger partial charge in [-0.2, -0.15) is 4.39 Å². The van der Waals surface area contributed by atoms with Crippen molar-refractivity contribution in [1.29, 1.82) is 0 Å². The second-order valence-electron chi connectivity index (χ2n) is 4.97. The van der Waals surface area contributed by atoms with Crippen molar-refractivity contribution < 1.29 is 9.50 Å². The number of aromatic nitrogens is 3. The fraction of sp³-hybridized carbons (Fsp3) is 0.400. The number of pyridine rings is 1. The fourth-order valence-corrected chi connectivity index (χ4v) is 2.66. The number of halogens is 2. The average Bonchev–Trinajstić information content (AvgIpc) is 2.60. The number of nitrogens with one attached hydrogen (secondary N) is 1. The van der Waals surface area contributed by atoms with Crippen LogP contribution in [0.1, 0.15) is 19.3 Å². The van der Waals surface area contributed by atoms with Gasteiger partial charge in [0.1, 0.15) is 10.8 Å². The zero-order chi connectivity index (χ0) is 16.8. The highest BCUT2D eigenvalue weighted by atomic mass is 35.5. The van der Waals surface area contributed by atoms with Crippen LogP contribution in [-0.4, -0.2) is 40.3 Å². The number of anilines is 1. The Hall–Kier alpha value is -1.99. The molecule has 2 aromatic heterocycles. The molecule has 1 aliphatic rings. The number of rotatable bonds is 2. The first kappa shape index (κ1) is 17.4. The first-order chi connectivity index (χ1) is 11.1. The number of hydrogen-bond donors (Lipinski definition) is 2. The van der Waals surface area contributed by atoms with Gasteiger partial charge < -0.3 is 15.0 Å². The lowest BCUT2D eigenvalue weighted by Gasteiger charge is -2.28. The molecule has 0 saturated carbocycles. The van der Waals surface area contributed by atoms with Crippen LogP contribution in [0.2, 0.25) is 5.02 Å². The van der Waals surface area contributed by atoms with Gasteiger partial charge in [0, 0.05) is 38.0 Å². The van der Waals surface area contributed by atoms with E-state index in [1.807, 2.05) is 4.90 Å². The topological polar surface area (TPSA) is 82.1 Å². The zero-order valence-electron chi connectivity index (χ0n) is 12.7. The molecule has 0 bridgehead atoms. The van der Waals surface area contributed by atoms with Gasteiger partial charge >= 0.3 is 0 Å². The predicted molar refractivity (Wildman–Crippen MR) is 87.3 cm³/mol. The van der Waals surface area contributed by atoms with Gasteiger partial charge in [0.05, 0.1) is 0 Å². The Balaban J connectivity index is 0.000000924. The van der Waals surface area contributed by atoms with Gasteiger partial charge in [-0.25, -0.2) is 9.97 Å². The van der Waals surface area contributed by atoms with Crippen LogP contribution in [0.5, 0.6) is 0 Å².